The fraction of sp³-hybridized carbons (Fsp3) is 0.294. The summed E-state index contributed by atoms with van der Waals surface area (Å²) in [4.78, 5) is 0. The molecule has 21 heavy (non-hydrogen) atoms. The van der Waals surface area contributed by atoms with E-state index < -0.39 is 0 Å². The maximum Gasteiger partial charge on any atom is 0.124 e. The number of rotatable bonds is 6. The van der Waals surface area contributed by atoms with Crippen molar-refractivity contribution in [2.75, 3.05) is 0 Å². The van der Waals surface area contributed by atoms with Crippen molar-refractivity contribution in [2.24, 2.45) is 0 Å². The van der Waals surface area contributed by atoms with E-state index in [0.29, 0.717) is 12.6 Å². The lowest BCUT2D eigenvalue weighted by Crippen LogP contribution is -2.22. The van der Waals surface area contributed by atoms with E-state index in [0.717, 1.165) is 27.9 Å². The maximum absolute atomic E-state index is 9.47. The Morgan fingerprint density at radius 3 is 2.71 bits per heavy atom. The predicted octanol–water partition coefficient (Wildman–Crippen LogP) is 4.23. The highest BCUT2D eigenvalue weighted by Crippen LogP contribution is 2.24. The van der Waals surface area contributed by atoms with Crippen LogP contribution in [0.4, 0.5) is 0 Å². The fourth-order valence-electron chi connectivity index (χ4n) is 1.95. The minimum atomic E-state index is 0.258. The summed E-state index contributed by atoms with van der Waals surface area (Å²) >= 11 is 3.49. The van der Waals surface area contributed by atoms with Gasteiger partial charge in [0.1, 0.15) is 18.1 Å². The van der Waals surface area contributed by atoms with Gasteiger partial charge in [-0.25, -0.2) is 0 Å². The van der Waals surface area contributed by atoms with Crippen molar-refractivity contribution in [3.63, 3.8) is 0 Å². The summed E-state index contributed by atoms with van der Waals surface area (Å²) in [6.45, 7) is 5.42. The van der Waals surface area contributed by atoms with Crippen LogP contribution < -0.4 is 10.1 Å². The first-order valence-electron chi connectivity index (χ1n) is 6.97. The molecule has 0 saturated carbocycles. The second kappa shape index (κ2) is 7.48. The van der Waals surface area contributed by atoms with Crippen molar-refractivity contribution < 1.29 is 9.84 Å². The molecular formula is C17H20BrNO2. The molecule has 2 N–H and O–H groups in total. The molecule has 0 aliphatic carbocycles. The van der Waals surface area contributed by atoms with E-state index in [2.05, 4.69) is 41.2 Å². The summed E-state index contributed by atoms with van der Waals surface area (Å²) in [5.74, 6) is 1.11. The van der Waals surface area contributed by atoms with Crippen LogP contribution in [0.1, 0.15) is 25.0 Å². The molecule has 0 radical (unpaired) electrons. The van der Waals surface area contributed by atoms with Crippen LogP contribution in [0.5, 0.6) is 11.5 Å². The van der Waals surface area contributed by atoms with Crippen molar-refractivity contribution in [3.05, 3.63) is 58.1 Å². The van der Waals surface area contributed by atoms with Gasteiger partial charge in [-0.05, 0) is 35.9 Å². The highest BCUT2D eigenvalue weighted by Gasteiger charge is 2.06. The highest BCUT2D eigenvalue weighted by atomic mass is 79.9. The van der Waals surface area contributed by atoms with E-state index in [1.165, 1.54) is 0 Å². The summed E-state index contributed by atoms with van der Waals surface area (Å²) in [5.41, 5.74) is 2.05. The van der Waals surface area contributed by atoms with Crippen LogP contribution in [0.3, 0.4) is 0 Å². The Bertz CT molecular complexity index is 599. The van der Waals surface area contributed by atoms with Gasteiger partial charge in [0.25, 0.3) is 0 Å². The van der Waals surface area contributed by atoms with Crippen LogP contribution in [-0.4, -0.2) is 11.1 Å². The third kappa shape index (κ3) is 5.06. The van der Waals surface area contributed by atoms with Gasteiger partial charge in [-0.2, -0.15) is 0 Å². The van der Waals surface area contributed by atoms with Crippen molar-refractivity contribution in [3.8, 4) is 11.5 Å². The quantitative estimate of drug-likeness (QED) is 0.819. The zero-order chi connectivity index (χ0) is 15.2. The van der Waals surface area contributed by atoms with Crippen LogP contribution in [-0.2, 0) is 13.2 Å². The molecule has 0 spiro atoms. The average molecular weight is 350 g/mol. The fourth-order valence-corrected chi connectivity index (χ4v) is 2.36. The molecule has 112 valence electrons. The van der Waals surface area contributed by atoms with Crippen LogP contribution in [0.25, 0.3) is 0 Å². The lowest BCUT2D eigenvalue weighted by Gasteiger charge is -2.14. The first-order chi connectivity index (χ1) is 10.0. The van der Waals surface area contributed by atoms with Gasteiger partial charge in [-0.1, -0.05) is 41.9 Å². The molecule has 2 aromatic rings. The van der Waals surface area contributed by atoms with Crippen molar-refractivity contribution in [1.29, 1.82) is 0 Å². The average Bonchev–Trinajstić information content (AvgIpc) is 2.44. The summed E-state index contributed by atoms with van der Waals surface area (Å²) in [5, 5.41) is 12.9. The van der Waals surface area contributed by atoms with E-state index in [1.807, 2.05) is 24.3 Å². The number of hydrogen-bond donors (Lipinski definition) is 2. The van der Waals surface area contributed by atoms with Gasteiger partial charge >= 0.3 is 0 Å². The van der Waals surface area contributed by atoms with Crippen molar-refractivity contribution >= 4 is 15.9 Å². The third-order valence-corrected chi connectivity index (χ3v) is 3.52. The van der Waals surface area contributed by atoms with Crippen LogP contribution >= 0.6 is 15.9 Å². The molecule has 0 atom stereocenters. The van der Waals surface area contributed by atoms with Gasteiger partial charge in [-0.3, -0.25) is 0 Å². The maximum atomic E-state index is 9.47. The second-order valence-corrected chi connectivity index (χ2v) is 6.16. The molecule has 0 fully saturated rings. The molecule has 3 nitrogen and oxygen atoms in total. The summed E-state index contributed by atoms with van der Waals surface area (Å²) < 4.78 is 6.93. The Morgan fingerprint density at radius 2 is 2.00 bits per heavy atom. The van der Waals surface area contributed by atoms with Gasteiger partial charge < -0.3 is 15.2 Å². The van der Waals surface area contributed by atoms with Crippen LogP contribution in [0.15, 0.2) is 46.9 Å². The number of hydrogen-bond acceptors (Lipinski definition) is 3. The van der Waals surface area contributed by atoms with Gasteiger partial charge in [0.15, 0.2) is 0 Å². The Hall–Kier alpha value is -1.52. The normalized spacial score (nSPS) is 10.9. The molecule has 2 aromatic carbocycles. The zero-order valence-corrected chi connectivity index (χ0v) is 13.9. The molecule has 0 amide bonds. The molecule has 0 aliphatic heterocycles. The number of nitrogens with one attached hydrogen (secondary N) is 1. The zero-order valence-electron chi connectivity index (χ0n) is 12.3. The van der Waals surface area contributed by atoms with E-state index in [4.69, 9.17) is 4.74 Å². The van der Waals surface area contributed by atoms with E-state index in [1.54, 1.807) is 12.1 Å². The van der Waals surface area contributed by atoms with Gasteiger partial charge in [0.05, 0.1) is 0 Å². The first-order valence-corrected chi connectivity index (χ1v) is 7.76. The molecule has 2 rings (SSSR count). The number of phenols is 1. The molecule has 0 unspecified atom stereocenters. The standard InChI is InChI=1S/C17H20BrNO2/c1-12(2)19-10-14-9-15(18)6-7-17(14)21-11-13-4-3-5-16(20)8-13/h3-9,12,19-20H,10-11H2,1-2H3. The van der Waals surface area contributed by atoms with Gasteiger partial charge in [-0.15, -0.1) is 0 Å². The SMILES string of the molecule is CC(C)NCc1cc(Br)ccc1OCc1cccc(O)c1. The lowest BCUT2D eigenvalue weighted by molar-refractivity contribution is 0.301. The van der Waals surface area contributed by atoms with E-state index in [9.17, 15) is 5.11 Å². The first kappa shape index (κ1) is 15.9. The van der Waals surface area contributed by atoms with E-state index in [-0.39, 0.29) is 5.75 Å². The third-order valence-electron chi connectivity index (χ3n) is 3.03. The monoisotopic (exact) mass is 349 g/mol. The smallest absolute Gasteiger partial charge is 0.124 e. The number of aromatic hydroxyl groups is 1. The lowest BCUT2D eigenvalue weighted by atomic mass is 10.2. The predicted molar refractivity (Wildman–Crippen MR) is 88.6 cm³/mol. The molecular weight excluding hydrogens is 330 g/mol. The Kier molecular flexibility index (Phi) is 5.65. The van der Waals surface area contributed by atoms with Crippen molar-refractivity contribution in [1.82, 2.24) is 5.32 Å². The summed E-state index contributed by atoms with van der Waals surface area (Å²) in [7, 11) is 0. The molecule has 0 aromatic heterocycles. The highest BCUT2D eigenvalue weighted by molar-refractivity contribution is 9.10. The number of benzene rings is 2. The van der Waals surface area contributed by atoms with E-state index >= 15 is 0 Å². The largest absolute Gasteiger partial charge is 0.508 e. The number of phenolic OH excluding ortho intramolecular Hbond substituents is 1. The molecule has 0 aliphatic rings. The molecule has 4 heteroatoms. The second-order valence-electron chi connectivity index (χ2n) is 5.25. The van der Waals surface area contributed by atoms with Crippen molar-refractivity contribution in [2.45, 2.75) is 33.0 Å². The molecule has 0 heterocycles. The number of halogens is 1. The van der Waals surface area contributed by atoms with Crippen LogP contribution in [0.2, 0.25) is 0 Å². The van der Waals surface area contributed by atoms with Crippen LogP contribution in [0, 0.1) is 0 Å². The Morgan fingerprint density at radius 1 is 1.19 bits per heavy atom. The topological polar surface area (TPSA) is 41.5 Å². The van der Waals surface area contributed by atoms with Gasteiger partial charge in [0, 0.05) is 22.6 Å². The summed E-state index contributed by atoms with van der Waals surface area (Å²) in [6, 6.07) is 13.5. The van der Waals surface area contributed by atoms with Gasteiger partial charge in [0.2, 0.25) is 0 Å². The Labute approximate surface area is 134 Å². The minimum absolute atomic E-state index is 0.258. The Balaban J connectivity index is 2.08. The summed E-state index contributed by atoms with van der Waals surface area (Å²) in [6.07, 6.45) is 0. The molecule has 0 bridgehead atoms. The minimum Gasteiger partial charge on any atom is -0.508 e. The number of ether oxygens (including phenoxy) is 1. The molecule has 0 saturated heterocycles.